The molecule has 1 heterocycles. The van der Waals surface area contributed by atoms with E-state index < -0.39 is 6.29 Å². The van der Waals surface area contributed by atoms with Gasteiger partial charge in [0, 0.05) is 30.5 Å². The number of hydrogen-bond acceptors (Lipinski definition) is 6. The Morgan fingerprint density at radius 2 is 1.72 bits per heavy atom. The molecule has 0 aromatic heterocycles. The molecule has 0 radical (unpaired) electrons. The van der Waals surface area contributed by atoms with Crippen molar-refractivity contribution >= 4 is 28.7 Å². The van der Waals surface area contributed by atoms with Crippen molar-refractivity contribution in [2.45, 2.75) is 32.0 Å². The second-order valence-electron chi connectivity index (χ2n) is 10.3. The predicted molar refractivity (Wildman–Crippen MR) is 166 cm³/mol. The first-order chi connectivity index (χ1) is 21.1. The van der Waals surface area contributed by atoms with E-state index in [9.17, 15) is 9.59 Å². The molecule has 0 spiro atoms. The number of carbonyl (C=O) groups is 2. The molecule has 4 aromatic carbocycles. The number of nitrogens with one attached hydrogen (secondary N) is 2. The van der Waals surface area contributed by atoms with Crippen LogP contribution in [0.5, 0.6) is 11.5 Å². The lowest BCUT2D eigenvalue weighted by molar-refractivity contribution is -0.186. The molecule has 2 amide bonds. The Morgan fingerprint density at radius 3 is 2.49 bits per heavy atom. The fourth-order valence-corrected chi connectivity index (χ4v) is 4.79. The molecular formula is C35H36N2O6. The summed E-state index contributed by atoms with van der Waals surface area (Å²) in [5, 5.41) is 5.05. The maximum absolute atomic E-state index is 13.4. The molecule has 1 fully saturated rings. The largest absolute Gasteiger partial charge is 0.497 e. The third-order valence-corrected chi connectivity index (χ3v) is 7.22. The van der Waals surface area contributed by atoms with E-state index in [4.69, 9.17) is 19.0 Å². The normalized spacial score (nSPS) is 15.1. The van der Waals surface area contributed by atoms with Gasteiger partial charge in [-0.05, 0) is 72.2 Å². The van der Waals surface area contributed by atoms with Gasteiger partial charge in [-0.2, -0.15) is 0 Å². The third-order valence-electron chi connectivity index (χ3n) is 7.22. The number of carbonyl (C=O) groups excluding carboxylic acids is 2. The van der Waals surface area contributed by atoms with E-state index in [0.29, 0.717) is 36.5 Å². The average Bonchev–Trinajstić information content (AvgIpc) is 3.06. The van der Waals surface area contributed by atoms with Gasteiger partial charge < -0.3 is 19.5 Å². The molecule has 4 aromatic rings. The first-order valence-electron chi connectivity index (χ1n) is 14.5. The highest BCUT2D eigenvalue weighted by Gasteiger charge is 2.17. The number of amides is 2. The summed E-state index contributed by atoms with van der Waals surface area (Å²) in [6.07, 6.45) is 4.78. The number of hydrogen-bond donors (Lipinski definition) is 2. The minimum absolute atomic E-state index is 0.0693. The van der Waals surface area contributed by atoms with Crippen LogP contribution < -0.4 is 20.3 Å². The van der Waals surface area contributed by atoms with E-state index in [1.165, 1.54) is 0 Å². The second kappa shape index (κ2) is 15.0. The molecule has 1 unspecified atom stereocenters. The predicted octanol–water partition coefficient (Wildman–Crippen LogP) is 5.86. The summed E-state index contributed by atoms with van der Waals surface area (Å²) in [7, 11) is 1.63. The number of rotatable bonds is 12. The maximum Gasteiger partial charge on any atom is 0.274 e. The molecule has 5 rings (SSSR count). The number of ether oxygens (including phenoxy) is 3. The molecular weight excluding hydrogens is 544 g/mol. The minimum atomic E-state index is -0.424. The number of fused-ring (bicyclic) bond motifs is 1. The van der Waals surface area contributed by atoms with Gasteiger partial charge in [-0.1, -0.05) is 60.7 Å². The van der Waals surface area contributed by atoms with Crippen LogP contribution in [0.1, 0.15) is 40.7 Å². The molecule has 2 N–H and O–H groups in total. The molecule has 0 bridgehead atoms. The summed E-state index contributed by atoms with van der Waals surface area (Å²) in [5.74, 6) is 0.902. The lowest BCUT2D eigenvalue weighted by atomic mass is 10.1. The van der Waals surface area contributed by atoms with Crippen LogP contribution in [0.15, 0.2) is 96.6 Å². The second-order valence-corrected chi connectivity index (χ2v) is 10.3. The SMILES string of the molecule is COc1ccc(CCNC(=O)C(=Cc2ccc(C(=O)NOC3CCCCO3)cc2)COc2cccc3ccccc23)cc1. The van der Waals surface area contributed by atoms with E-state index in [2.05, 4.69) is 10.8 Å². The zero-order chi connectivity index (χ0) is 29.9. The average molecular weight is 581 g/mol. The summed E-state index contributed by atoms with van der Waals surface area (Å²) in [4.78, 5) is 31.3. The Morgan fingerprint density at radius 1 is 0.930 bits per heavy atom. The summed E-state index contributed by atoms with van der Waals surface area (Å²) >= 11 is 0. The molecule has 1 aliphatic rings. The zero-order valence-corrected chi connectivity index (χ0v) is 24.2. The summed E-state index contributed by atoms with van der Waals surface area (Å²) in [6, 6.07) is 28.5. The standard InChI is InChI=1S/C35H36N2O6/c1-40-30-18-14-25(15-19-30)20-21-36-34(38)29(24-42-32-10-6-8-27-7-2-3-9-31(27)32)23-26-12-16-28(17-13-26)35(39)37-43-33-11-4-5-22-41-33/h2-3,6-10,12-19,23,33H,4-5,11,20-22,24H2,1H3,(H,36,38)(H,37,39). The number of hydroxylamine groups is 1. The van der Waals surface area contributed by atoms with Crippen LogP contribution >= 0.6 is 0 Å². The van der Waals surface area contributed by atoms with E-state index >= 15 is 0 Å². The van der Waals surface area contributed by atoms with E-state index in [1.54, 1.807) is 37.5 Å². The van der Waals surface area contributed by atoms with Crippen molar-refractivity contribution in [3.63, 3.8) is 0 Å². The van der Waals surface area contributed by atoms with Crippen molar-refractivity contribution < 1.29 is 28.6 Å². The van der Waals surface area contributed by atoms with Gasteiger partial charge in [0.05, 0.1) is 12.7 Å². The van der Waals surface area contributed by atoms with Gasteiger partial charge in [0.15, 0.2) is 6.29 Å². The quantitative estimate of drug-likeness (QED) is 0.161. The van der Waals surface area contributed by atoms with Crippen molar-refractivity contribution in [3.05, 3.63) is 113 Å². The van der Waals surface area contributed by atoms with Crippen molar-refractivity contribution in [3.8, 4) is 11.5 Å². The van der Waals surface area contributed by atoms with Gasteiger partial charge in [0.1, 0.15) is 18.1 Å². The fraction of sp³-hybridized carbons (Fsp3) is 0.257. The van der Waals surface area contributed by atoms with E-state index in [0.717, 1.165) is 46.9 Å². The Labute approximate surface area is 251 Å². The van der Waals surface area contributed by atoms with Crippen LogP contribution in [0.25, 0.3) is 16.8 Å². The molecule has 0 saturated carbocycles. The lowest BCUT2D eigenvalue weighted by Gasteiger charge is -2.22. The number of methoxy groups -OCH3 is 1. The Kier molecular flexibility index (Phi) is 10.4. The van der Waals surface area contributed by atoms with E-state index in [1.807, 2.05) is 66.7 Å². The van der Waals surface area contributed by atoms with Crippen molar-refractivity contribution in [2.75, 3.05) is 26.9 Å². The first kappa shape index (κ1) is 29.8. The third kappa shape index (κ3) is 8.44. The van der Waals surface area contributed by atoms with Crippen LogP contribution in [0, 0.1) is 0 Å². The van der Waals surface area contributed by atoms with Crippen LogP contribution in [-0.4, -0.2) is 45.0 Å². The van der Waals surface area contributed by atoms with Gasteiger partial charge in [0.2, 0.25) is 0 Å². The molecule has 0 aliphatic carbocycles. The van der Waals surface area contributed by atoms with E-state index in [-0.39, 0.29) is 18.4 Å². The Bertz CT molecular complexity index is 1540. The molecule has 8 heteroatoms. The van der Waals surface area contributed by atoms with Gasteiger partial charge in [-0.3, -0.25) is 9.59 Å². The monoisotopic (exact) mass is 580 g/mol. The van der Waals surface area contributed by atoms with Crippen molar-refractivity contribution in [1.29, 1.82) is 0 Å². The van der Waals surface area contributed by atoms with Crippen LogP contribution in [0.4, 0.5) is 0 Å². The number of benzene rings is 4. The lowest BCUT2D eigenvalue weighted by Crippen LogP contribution is -2.33. The summed E-state index contributed by atoms with van der Waals surface area (Å²) in [5.41, 5.74) is 5.21. The smallest absolute Gasteiger partial charge is 0.274 e. The van der Waals surface area contributed by atoms with Crippen molar-refractivity contribution in [2.24, 2.45) is 0 Å². The van der Waals surface area contributed by atoms with Crippen LogP contribution in [0.2, 0.25) is 0 Å². The zero-order valence-electron chi connectivity index (χ0n) is 24.2. The highest BCUT2D eigenvalue weighted by Crippen LogP contribution is 2.26. The Balaban J connectivity index is 1.26. The summed E-state index contributed by atoms with van der Waals surface area (Å²) < 4.78 is 16.9. The molecule has 1 atom stereocenters. The molecule has 222 valence electrons. The topological polar surface area (TPSA) is 95.1 Å². The molecule has 1 saturated heterocycles. The summed E-state index contributed by atoms with van der Waals surface area (Å²) in [6.45, 7) is 1.16. The van der Waals surface area contributed by atoms with Crippen LogP contribution in [-0.2, 0) is 20.8 Å². The van der Waals surface area contributed by atoms with Crippen molar-refractivity contribution in [1.82, 2.24) is 10.8 Å². The molecule has 8 nitrogen and oxygen atoms in total. The molecule has 43 heavy (non-hydrogen) atoms. The Hall–Kier alpha value is -4.66. The van der Waals surface area contributed by atoms with Gasteiger partial charge >= 0.3 is 0 Å². The highest BCUT2D eigenvalue weighted by molar-refractivity contribution is 5.99. The minimum Gasteiger partial charge on any atom is -0.497 e. The van der Waals surface area contributed by atoms with Gasteiger partial charge in [-0.15, -0.1) is 0 Å². The highest BCUT2D eigenvalue weighted by atomic mass is 16.8. The molecule has 1 aliphatic heterocycles. The van der Waals surface area contributed by atoms with Gasteiger partial charge in [-0.25, -0.2) is 10.3 Å². The maximum atomic E-state index is 13.4. The first-order valence-corrected chi connectivity index (χ1v) is 14.5. The fourth-order valence-electron chi connectivity index (χ4n) is 4.79. The van der Waals surface area contributed by atoms with Crippen LogP contribution in [0.3, 0.4) is 0 Å². The van der Waals surface area contributed by atoms with Gasteiger partial charge in [0.25, 0.3) is 11.8 Å².